The predicted molar refractivity (Wildman–Crippen MR) is 201 cm³/mol. The SMILES string of the molecule is CC/C=C/C/C=C/C/C=C/CCCCCC(=O)OCC(CO[C@@H]1O[C@H](CO)[C@H](O)[C@H](O)[C@H]1O)OC(=O)CCCCC/C=C/C/C=C/C/C=C/CC. The molecule has 51 heavy (non-hydrogen) atoms. The molecular weight excluding hydrogens is 652 g/mol. The Kier molecular flexibility index (Phi) is 28.8. The van der Waals surface area contributed by atoms with Gasteiger partial charge in [0, 0.05) is 12.8 Å². The maximum Gasteiger partial charge on any atom is 0.306 e. The average molecular weight is 719 g/mol. The van der Waals surface area contributed by atoms with E-state index in [0.29, 0.717) is 12.8 Å². The summed E-state index contributed by atoms with van der Waals surface area (Å²) in [4.78, 5) is 25.1. The van der Waals surface area contributed by atoms with Crippen molar-refractivity contribution < 1.29 is 49.0 Å². The molecule has 1 saturated heterocycles. The summed E-state index contributed by atoms with van der Waals surface area (Å²) in [6.07, 6.45) is 30.6. The molecule has 1 aliphatic heterocycles. The molecule has 6 atom stereocenters. The van der Waals surface area contributed by atoms with Gasteiger partial charge >= 0.3 is 11.9 Å². The monoisotopic (exact) mass is 718 g/mol. The first-order valence-corrected chi connectivity index (χ1v) is 19.0. The molecule has 0 aromatic rings. The van der Waals surface area contributed by atoms with Gasteiger partial charge in [0.15, 0.2) is 12.4 Å². The highest BCUT2D eigenvalue weighted by Gasteiger charge is 2.44. The first kappa shape index (κ1) is 46.2. The second-order valence-electron chi connectivity index (χ2n) is 12.6. The Morgan fingerprint density at radius 2 is 1.10 bits per heavy atom. The summed E-state index contributed by atoms with van der Waals surface area (Å²) in [5.74, 6) is -0.887. The molecule has 0 aromatic carbocycles. The molecule has 0 bridgehead atoms. The molecular formula is C41H66O10. The van der Waals surface area contributed by atoms with E-state index in [0.717, 1.165) is 77.0 Å². The molecule has 4 N–H and O–H groups in total. The molecule has 1 heterocycles. The summed E-state index contributed by atoms with van der Waals surface area (Å²) in [5, 5.41) is 39.9. The lowest BCUT2D eigenvalue weighted by molar-refractivity contribution is -0.305. The third kappa shape index (κ3) is 24.1. The van der Waals surface area contributed by atoms with Crippen molar-refractivity contribution in [1.82, 2.24) is 0 Å². The van der Waals surface area contributed by atoms with Crippen molar-refractivity contribution in [2.45, 2.75) is 153 Å². The molecule has 0 spiro atoms. The first-order chi connectivity index (χ1) is 24.8. The van der Waals surface area contributed by atoms with Gasteiger partial charge in [-0.3, -0.25) is 9.59 Å². The number of allylic oxidation sites excluding steroid dienone is 12. The van der Waals surface area contributed by atoms with Crippen LogP contribution in [0.1, 0.15) is 117 Å². The summed E-state index contributed by atoms with van der Waals surface area (Å²) < 4.78 is 22.0. The van der Waals surface area contributed by atoms with Gasteiger partial charge < -0.3 is 39.4 Å². The number of hydrogen-bond donors (Lipinski definition) is 4. The van der Waals surface area contributed by atoms with Crippen LogP contribution in [0.2, 0.25) is 0 Å². The quantitative estimate of drug-likeness (QED) is 0.0366. The lowest BCUT2D eigenvalue weighted by Crippen LogP contribution is -2.59. The third-order valence-electron chi connectivity index (χ3n) is 8.09. The molecule has 10 nitrogen and oxygen atoms in total. The van der Waals surface area contributed by atoms with Gasteiger partial charge in [0.2, 0.25) is 0 Å². The lowest BCUT2D eigenvalue weighted by atomic mass is 9.99. The molecule has 1 unspecified atom stereocenters. The maximum atomic E-state index is 12.7. The summed E-state index contributed by atoms with van der Waals surface area (Å²) in [5.41, 5.74) is 0. The summed E-state index contributed by atoms with van der Waals surface area (Å²) >= 11 is 0. The number of esters is 2. The number of unbranched alkanes of at least 4 members (excludes halogenated alkanes) is 6. The van der Waals surface area contributed by atoms with Crippen LogP contribution in [-0.4, -0.2) is 89.0 Å². The van der Waals surface area contributed by atoms with Gasteiger partial charge in [0.25, 0.3) is 0 Å². The smallest absolute Gasteiger partial charge is 0.306 e. The van der Waals surface area contributed by atoms with Crippen LogP contribution in [0.15, 0.2) is 72.9 Å². The molecule has 1 fully saturated rings. The molecule has 0 aliphatic carbocycles. The van der Waals surface area contributed by atoms with Gasteiger partial charge in [-0.05, 0) is 77.0 Å². The zero-order valence-electron chi connectivity index (χ0n) is 31.1. The van der Waals surface area contributed by atoms with E-state index >= 15 is 0 Å². The highest BCUT2D eigenvalue weighted by molar-refractivity contribution is 5.70. The van der Waals surface area contributed by atoms with Crippen molar-refractivity contribution in [3.8, 4) is 0 Å². The number of rotatable bonds is 29. The molecule has 290 valence electrons. The second kappa shape index (κ2) is 31.8. The van der Waals surface area contributed by atoms with E-state index in [1.807, 2.05) is 0 Å². The van der Waals surface area contributed by atoms with Crippen molar-refractivity contribution in [2.24, 2.45) is 0 Å². The zero-order chi connectivity index (χ0) is 37.4. The Labute approximate surface area is 306 Å². The number of aliphatic hydroxyl groups excluding tert-OH is 4. The van der Waals surface area contributed by atoms with E-state index in [-0.39, 0.29) is 26.1 Å². The first-order valence-electron chi connectivity index (χ1n) is 19.0. The number of hydrogen-bond acceptors (Lipinski definition) is 10. The molecule has 10 heteroatoms. The van der Waals surface area contributed by atoms with Crippen LogP contribution in [0, 0.1) is 0 Å². The molecule has 0 saturated carbocycles. The van der Waals surface area contributed by atoms with E-state index < -0.39 is 55.4 Å². The molecule has 0 radical (unpaired) electrons. The van der Waals surface area contributed by atoms with E-state index in [9.17, 15) is 30.0 Å². The standard InChI is InChI=1S/C41H66O10/c1-3-5-7-9-11-13-15-17-19-21-23-25-27-29-36(43)48-32-34(33-49-41-40(47)39(46)38(45)35(31-42)51-41)50-37(44)30-28-26-24-22-20-18-16-14-12-10-8-6-4-2/h5-8,11-14,17-20,34-35,38-42,45-47H,3-4,9-10,15-16,21-33H2,1-2H3/b7-5+,8-6+,13-11+,14-12+,19-17+,20-18+/t34?,35-,38+,39+,40-,41-/m1/s1. The Morgan fingerprint density at radius 3 is 1.61 bits per heavy atom. The average Bonchev–Trinajstić information content (AvgIpc) is 3.13. The van der Waals surface area contributed by atoms with E-state index in [1.54, 1.807) is 0 Å². The fourth-order valence-corrected chi connectivity index (χ4v) is 5.10. The molecule has 1 rings (SSSR count). The van der Waals surface area contributed by atoms with Crippen LogP contribution in [-0.2, 0) is 28.5 Å². The minimum Gasteiger partial charge on any atom is -0.462 e. The number of ether oxygens (including phenoxy) is 4. The maximum absolute atomic E-state index is 12.7. The Morgan fingerprint density at radius 1 is 0.608 bits per heavy atom. The van der Waals surface area contributed by atoms with Gasteiger partial charge in [0.1, 0.15) is 31.0 Å². The van der Waals surface area contributed by atoms with Crippen molar-refractivity contribution in [2.75, 3.05) is 19.8 Å². The van der Waals surface area contributed by atoms with Gasteiger partial charge in [-0.2, -0.15) is 0 Å². The number of carbonyl (C=O) groups is 2. The van der Waals surface area contributed by atoms with Crippen molar-refractivity contribution in [3.05, 3.63) is 72.9 Å². The van der Waals surface area contributed by atoms with E-state index in [1.165, 1.54) is 0 Å². The third-order valence-corrected chi connectivity index (χ3v) is 8.09. The Hall–Kier alpha value is -2.86. The van der Waals surface area contributed by atoms with Crippen LogP contribution < -0.4 is 0 Å². The van der Waals surface area contributed by atoms with Crippen LogP contribution in [0.4, 0.5) is 0 Å². The normalized spacial score (nSPS) is 22.0. The van der Waals surface area contributed by atoms with Gasteiger partial charge in [-0.1, -0.05) is 99.6 Å². The minimum absolute atomic E-state index is 0.184. The Bertz CT molecular complexity index is 1060. The van der Waals surface area contributed by atoms with Gasteiger partial charge in [0.05, 0.1) is 13.2 Å². The highest BCUT2D eigenvalue weighted by Crippen LogP contribution is 2.22. The molecule has 1 aliphatic rings. The lowest BCUT2D eigenvalue weighted by Gasteiger charge is -2.39. The fourth-order valence-electron chi connectivity index (χ4n) is 5.10. The fraction of sp³-hybridized carbons (Fsp3) is 0.659. The molecule has 0 amide bonds. The van der Waals surface area contributed by atoms with E-state index in [4.69, 9.17) is 18.9 Å². The number of carbonyl (C=O) groups excluding carboxylic acids is 2. The predicted octanol–water partition coefficient (Wildman–Crippen LogP) is 6.88. The summed E-state index contributed by atoms with van der Waals surface area (Å²) in [7, 11) is 0. The summed E-state index contributed by atoms with van der Waals surface area (Å²) in [6, 6.07) is 0. The number of aliphatic hydroxyl groups is 4. The second-order valence-corrected chi connectivity index (χ2v) is 12.6. The van der Waals surface area contributed by atoms with Gasteiger partial charge in [-0.15, -0.1) is 0 Å². The van der Waals surface area contributed by atoms with Crippen LogP contribution in [0.25, 0.3) is 0 Å². The molecule has 0 aromatic heterocycles. The van der Waals surface area contributed by atoms with Crippen molar-refractivity contribution in [3.63, 3.8) is 0 Å². The van der Waals surface area contributed by atoms with E-state index in [2.05, 4.69) is 86.8 Å². The minimum atomic E-state index is -1.61. The highest BCUT2D eigenvalue weighted by atomic mass is 16.7. The van der Waals surface area contributed by atoms with Crippen LogP contribution >= 0.6 is 0 Å². The Balaban J connectivity index is 2.46. The summed E-state index contributed by atoms with van der Waals surface area (Å²) in [6.45, 7) is 3.09. The van der Waals surface area contributed by atoms with Crippen LogP contribution in [0.3, 0.4) is 0 Å². The largest absolute Gasteiger partial charge is 0.462 e. The topological polar surface area (TPSA) is 152 Å². The van der Waals surface area contributed by atoms with Gasteiger partial charge in [-0.25, -0.2) is 0 Å². The zero-order valence-corrected chi connectivity index (χ0v) is 31.1. The van der Waals surface area contributed by atoms with Crippen molar-refractivity contribution in [1.29, 1.82) is 0 Å². The van der Waals surface area contributed by atoms with Crippen molar-refractivity contribution >= 4 is 11.9 Å². The van der Waals surface area contributed by atoms with Crippen LogP contribution in [0.5, 0.6) is 0 Å².